The Morgan fingerprint density at radius 3 is 2.60 bits per heavy atom. The first-order chi connectivity index (χ1) is 4.84. The number of hydrogen-bond donors (Lipinski definition) is 1. The molecule has 0 fully saturated rings. The molecule has 0 unspecified atom stereocenters. The Kier molecular flexibility index (Phi) is 1.78. The van der Waals surface area contributed by atoms with Crippen molar-refractivity contribution in [1.82, 2.24) is 0 Å². The second kappa shape index (κ2) is 2.75. The van der Waals surface area contributed by atoms with Crippen LogP contribution in [0.3, 0.4) is 0 Å². The Morgan fingerprint density at radius 1 is 1.50 bits per heavy atom. The molecule has 1 N–H and O–H groups in total. The van der Waals surface area contributed by atoms with Crippen molar-refractivity contribution in [3.63, 3.8) is 0 Å². The fraction of sp³-hybridized carbons (Fsp3) is 0. The van der Waals surface area contributed by atoms with Crippen LogP contribution in [0.25, 0.3) is 10.4 Å². The first kappa shape index (κ1) is 6.45. The van der Waals surface area contributed by atoms with Gasteiger partial charge in [0.1, 0.15) is 0 Å². The maximum absolute atomic E-state index is 8.91. The molecular formula is C6H5N3O. The summed E-state index contributed by atoms with van der Waals surface area (Å²) >= 11 is 0. The molecule has 4 heteroatoms. The zero-order chi connectivity index (χ0) is 7.40. The molecule has 0 amide bonds. The van der Waals surface area contributed by atoms with Crippen LogP contribution in [-0.4, -0.2) is 5.11 Å². The maximum Gasteiger partial charge on any atom is 0.187 e. The summed E-state index contributed by atoms with van der Waals surface area (Å²) in [6.45, 7) is 0. The third-order valence-corrected chi connectivity index (χ3v) is 1.06. The van der Waals surface area contributed by atoms with Gasteiger partial charge >= 0.3 is 0 Å². The van der Waals surface area contributed by atoms with Crippen LogP contribution in [0.5, 0.6) is 0 Å². The van der Waals surface area contributed by atoms with E-state index in [9.17, 15) is 0 Å². The summed E-state index contributed by atoms with van der Waals surface area (Å²) in [4.78, 5) is 2.43. The summed E-state index contributed by atoms with van der Waals surface area (Å²) in [7, 11) is 0. The van der Waals surface area contributed by atoms with Gasteiger partial charge in [-0.3, -0.25) is 0 Å². The molecule has 0 aromatic heterocycles. The van der Waals surface area contributed by atoms with E-state index in [0.717, 1.165) is 0 Å². The van der Waals surface area contributed by atoms with Gasteiger partial charge in [0, 0.05) is 10.5 Å². The average Bonchev–Trinajstić information content (AvgIpc) is 2.38. The number of aliphatic hydroxyl groups is 1. The van der Waals surface area contributed by atoms with Crippen molar-refractivity contribution >= 4 is 0 Å². The highest BCUT2D eigenvalue weighted by molar-refractivity contribution is 5.41. The molecular weight excluding hydrogens is 130 g/mol. The average molecular weight is 135 g/mol. The Balaban J connectivity index is 2.95. The zero-order valence-corrected chi connectivity index (χ0v) is 5.10. The lowest BCUT2D eigenvalue weighted by molar-refractivity contribution is 0.402. The van der Waals surface area contributed by atoms with Crippen LogP contribution in [0, 0.1) is 0 Å². The Morgan fingerprint density at radius 2 is 2.10 bits per heavy atom. The van der Waals surface area contributed by atoms with Gasteiger partial charge in [-0.05, 0) is 10.6 Å². The van der Waals surface area contributed by atoms with Crippen LogP contribution in [0.2, 0.25) is 0 Å². The predicted octanol–water partition coefficient (Wildman–Crippen LogP) is 2.19. The number of aliphatic hydroxyl groups excluding tert-OH is 1. The third-order valence-electron chi connectivity index (χ3n) is 1.06. The van der Waals surface area contributed by atoms with Crippen LogP contribution >= 0.6 is 0 Å². The van der Waals surface area contributed by atoms with Crippen LogP contribution in [-0.2, 0) is 0 Å². The van der Waals surface area contributed by atoms with E-state index >= 15 is 0 Å². The molecule has 0 aromatic rings. The first-order valence-electron chi connectivity index (χ1n) is 2.67. The molecule has 1 rings (SSSR count). The molecule has 0 spiro atoms. The summed E-state index contributed by atoms with van der Waals surface area (Å²) in [5.41, 5.74) is 8.45. The lowest BCUT2D eigenvalue weighted by Gasteiger charge is -1.89. The lowest BCUT2D eigenvalue weighted by atomic mass is 10.3. The summed E-state index contributed by atoms with van der Waals surface area (Å²) in [6.07, 6.45) is 6.81. The van der Waals surface area contributed by atoms with Gasteiger partial charge in [0.15, 0.2) is 5.88 Å². The number of rotatable bonds is 1. The molecule has 10 heavy (non-hydrogen) atoms. The molecule has 1 aliphatic carbocycles. The van der Waals surface area contributed by atoms with Crippen molar-refractivity contribution in [2.75, 3.05) is 0 Å². The number of allylic oxidation sites excluding steroid dienone is 5. The van der Waals surface area contributed by atoms with E-state index in [2.05, 4.69) is 10.0 Å². The molecule has 0 aromatic carbocycles. The highest BCUT2D eigenvalue weighted by atomic mass is 16.3. The van der Waals surface area contributed by atoms with Gasteiger partial charge in [0.05, 0.1) is 0 Å². The van der Waals surface area contributed by atoms with Crippen LogP contribution < -0.4 is 0 Å². The van der Waals surface area contributed by atoms with Gasteiger partial charge in [-0.1, -0.05) is 24.3 Å². The SMILES string of the molecule is [N-]=[N+]=NC(O)=C1C=CC=C1. The Hall–Kier alpha value is -1.67. The van der Waals surface area contributed by atoms with Crippen molar-refractivity contribution in [3.8, 4) is 0 Å². The number of hydrogen-bond acceptors (Lipinski definition) is 2. The van der Waals surface area contributed by atoms with Gasteiger partial charge in [-0.15, -0.1) is 0 Å². The predicted molar refractivity (Wildman–Crippen MR) is 37.1 cm³/mol. The van der Waals surface area contributed by atoms with E-state index in [1.807, 2.05) is 0 Å². The van der Waals surface area contributed by atoms with Gasteiger partial charge in [0.25, 0.3) is 0 Å². The molecule has 0 bridgehead atoms. The van der Waals surface area contributed by atoms with E-state index in [0.29, 0.717) is 5.57 Å². The minimum Gasteiger partial charge on any atom is -0.506 e. The largest absolute Gasteiger partial charge is 0.506 e. The van der Waals surface area contributed by atoms with E-state index in [1.54, 1.807) is 24.3 Å². The van der Waals surface area contributed by atoms with Crippen molar-refractivity contribution in [2.24, 2.45) is 5.11 Å². The van der Waals surface area contributed by atoms with E-state index in [1.165, 1.54) is 0 Å². The van der Waals surface area contributed by atoms with Crippen molar-refractivity contribution in [2.45, 2.75) is 0 Å². The van der Waals surface area contributed by atoms with Gasteiger partial charge in [-0.2, -0.15) is 0 Å². The van der Waals surface area contributed by atoms with Gasteiger partial charge in [0.2, 0.25) is 0 Å². The summed E-state index contributed by atoms with van der Waals surface area (Å²) in [6, 6.07) is 0. The molecule has 50 valence electrons. The Labute approximate surface area is 57.4 Å². The fourth-order valence-electron chi connectivity index (χ4n) is 0.623. The third kappa shape index (κ3) is 1.18. The maximum atomic E-state index is 8.91. The molecule has 0 aliphatic heterocycles. The van der Waals surface area contributed by atoms with Gasteiger partial charge < -0.3 is 5.11 Å². The highest BCUT2D eigenvalue weighted by Gasteiger charge is 1.97. The molecule has 4 nitrogen and oxygen atoms in total. The number of azide groups is 1. The molecule has 0 saturated carbocycles. The number of nitrogens with zero attached hydrogens (tertiary/aromatic N) is 3. The normalized spacial score (nSPS) is 13.4. The molecule has 1 aliphatic rings. The minimum absolute atomic E-state index is 0.285. The highest BCUT2D eigenvalue weighted by Crippen LogP contribution is 2.11. The summed E-state index contributed by atoms with van der Waals surface area (Å²) < 4.78 is 0. The standard InChI is InChI=1S/C6H5N3O/c7-9-8-6(10)5-3-1-2-4-5/h1-4,10H. The Bertz CT molecular complexity index is 255. The molecule has 0 saturated heterocycles. The van der Waals surface area contributed by atoms with E-state index < -0.39 is 0 Å². The molecule has 0 radical (unpaired) electrons. The smallest absolute Gasteiger partial charge is 0.187 e. The van der Waals surface area contributed by atoms with E-state index in [4.69, 9.17) is 10.6 Å². The zero-order valence-electron chi connectivity index (χ0n) is 5.10. The summed E-state index contributed by atoms with van der Waals surface area (Å²) in [5.74, 6) is -0.285. The fourth-order valence-corrected chi connectivity index (χ4v) is 0.623. The quantitative estimate of drug-likeness (QED) is 0.254. The van der Waals surface area contributed by atoms with Crippen molar-refractivity contribution in [3.05, 3.63) is 46.2 Å². The topological polar surface area (TPSA) is 69.0 Å². The van der Waals surface area contributed by atoms with Crippen LogP contribution in [0.4, 0.5) is 0 Å². The second-order valence-corrected chi connectivity index (χ2v) is 1.69. The molecule has 0 heterocycles. The second-order valence-electron chi connectivity index (χ2n) is 1.69. The summed E-state index contributed by atoms with van der Waals surface area (Å²) in [5, 5.41) is 11.9. The molecule has 0 atom stereocenters. The first-order valence-corrected chi connectivity index (χ1v) is 2.67. The minimum atomic E-state index is -0.285. The lowest BCUT2D eigenvalue weighted by Crippen LogP contribution is -1.76. The van der Waals surface area contributed by atoms with Crippen molar-refractivity contribution < 1.29 is 5.11 Å². The van der Waals surface area contributed by atoms with E-state index in [-0.39, 0.29) is 5.88 Å². The van der Waals surface area contributed by atoms with Crippen molar-refractivity contribution in [1.29, 1.82) is 0 Å². The van der Waals surface area contributed by atoms with Crippen LogP contribution in [0.1, 0.15) is 0 Å². The van der Waals surface area contributed by atoms with Crippen LogP contribution in [0.15, 0.2) is 40.9 Å². The monoisotopic (exact) mass is 135 g/mol. The van der Waals surface area contributed by atoms with Gasteiger partial charge in [-0.25, -0.2) is 0 Å².